The Morgan fingerprint density at radius 1 is 1.12 bits per heavy atom. The Balaban J connectivity index is 1.74. The van der Waals surface area contributed by atoms with E-state index in [-0.39, 0.29) is 17.0 Å². The summed E-state index contributed by atoms with van der Waals surface area (Å²) in [5.74, 6) is -1.76. The fourth-order valence-electron chi connectivity index (χ4n) is 6.36. The summed E-state index contributed by atoms with van der Waals surface area (Å²) in [5.41, 5.74) is 3.88. The summed E-state index contributed by atoms with van der Waals surface area (Å²) >= 11 is 0. The second-order valence-electron chi connectivity index (χ2n) is 10.3. The zero-order valence-corrected chi connectivity index (χ0v) is 20.9. The van der Waals surface area contributed by atoms with Crippen molar-refractivity contribution in [2.24, 2.45) is 11.3 Å². The zero-order valence-electron chi connectivity index (χ0n) is 20.9. The predicted octanol–water partition coefficient (Wildman–Crippen LogP) is 8.42. The van der Waals surface area contributed by atoms with Gasteiger partial charge >= 0.3 is 0 Å². The minimum atomic E-state index is -2.92. The van der Waals surface area contributed by atoms with Crippen LogP contribution in [-0.4, -0.2) is 7.11 Å². The molecular formula is C30H39F2NO. The summed E-state index contributed by atoms with van der Waals surface area (Å²) in [6.45, 7) is 7.37. The number of methoxy groups -OCH3 is 1. The molecule has 1 unspecified atom stereocenters. The van der Waals surface area contributed by atoms with Crippen molar-refractivity contribution in [3.8, 4) is 5.75 Å². The van der Waals surface area contributed by atoms with E-state index in [9.17, 15) is 8.78 Å². The predicted molar refractivity (Wildman–Crippen MR) is 136 cm³/mol. The van der Waals surface area contributed by atoms with Gasteiger partial charge < -0.3 is 10.1 Å². The van der Waals surface area contributed by atoms with E-state index in [2.05, 4.69) is 42.2 Å². The van der Waals surface area contributed by atoms with Crippen molar-refractivity contribution >= 4 is 5.70 Å². The maximum Gasteiger partial charge on any atom is 0.270 e. The number of aryl methyl sites for hydroxylation is 1. The van der Waals surface area contributed by atoms with Gasteiger partial charge in [0.05, 0.1) is 13.2 Å². The van der Waals surface area contributed by atoms with E-state index >= 15 is 0 Å². The first-order chi connectivity index (χ1) is 16.3. The normalized spacial score (nSPS) is 19.2. The van der Waals surface area contributed by atoms with Crippen molar-refractivity contribution in [1.29, 1.82) is 0 Å². The van der Waals surface area contributed by atoms with E-state index in [4.69, 9.17) is 4.74 Å². The Kier molecular flexibility index (Phi) is 7.35. The van der Waals surface area contributed by atoms with Crippen LogP contribution >= 0.6 is 0 Å². The third-order valence-corrected chi connectivity index (χ3v) is 8.32. The van der Waals surface area contributed by atoms with Crippen molar-refractivity contribution < 1.29 is 13.5 Å². The molecule has 0 saturated heterocycles. The number of nitrogens with one attached hydrogen (secondary N) is 1. The summed E-state index contributed by atoms with van der Waals surface area (Å²) < 4.78 is 34.0. The van der Waals surface area contributed by atoms with Crippen LogP contribution in [0.4, 0.5) is 8.78 Å². The van der Waals surface area contributed by atoms with Gasteiger partial charge in [0.15, 0.2) is 0 Å². The largest absolute Gasteiger partial charge is 0.496 e. The molecule has 2 aromatic carbocycles. The lowest BCUT2D eigenvalue weighted by Gasteiger charge is -2.55. The Morgan fingerprint density at radius 3 is 2.32 bits per heavy atom. The number of hydrogen-bond acceptors (Lipinski definition) is 2. The zero-order chi connectivity index (χ0) is 24.3. The van der Waals surface area contributed by atoms with Gasteiger partial charge in [0.1, 0.15) is 5.75 Å². The van der Waals surface area contributed by atoms with Crippen LogP contribution < -0.4 is 10.1 Å². The molecule has 1 atom stereocenters. The maximum absolute atomic E-state index is 14.2. The SMILES string of the molecule is C=C(NC(c1ccccc1)C1(C2CCCCC2)CCC1)c1c(CC)cc(C(C)(F)F)cc1OC. The van der Waals surface area contributed by atoms with Gasteiger partial charge in [-0.3, -0.25) is 0 Å². The molecule has 0 bridgehead atoms. The third kappa shape index (κ3) is 4.74. The second kappa shape index (κ2) is 10.1. The molecule has 0 aromatic heterocycles. The van der Waals surface area contributed by atoms with Crippen LogP contribution in [0.25, 0.3) is 5.70 Å². The number of rotatable bonds is 9. The molecule has 34 heavy (non-hydrogen) atoms. The molecular weight excluding hydrogens is 428 g/mol. The lowest BCUT2D eigenvalue weighted by molar-refractivity contribution is -0.00982. The molecule has 2 saturated carbocycles. The highest BCUT2D eigenvalue weighted by atomic mass is 19.3. The minimum absolute atomic E-state index is 0.0185. The van der Waals surface area contributed by atoms with Crippen molar-refractivity contribution in [3.05, 3.63) is 71.3 Å². The lowest BCUT2D eigenvalue weighted by Crippen LogP contribution is -2.48. The van der Waals surface area contributed by atoms with Gasteiger partial charge in [0.2, 0.25) is 0 Å². The molecule has 184 valence electrons. The Labute approximate surface area is 203 Å². The highest BCUT2D eigenvalue weighted by Crippen LogP contribution is 2.59. The molecule has 4 rings (SSSR count). The standard InChI is InChI=1S/C30H39F2NO/c1-5-22-19-25(29(3,31)32)20-26(34-4)27(22)21(2)33-28(23-13-8-6-9-14-23)30(17-12-18-30)24-15-10-7-11-16-24/h6,8-9,13-14,19-20,24,28,33H,2,5,7,10-12,15-18H2,1,3-4H3. The van der Waals surface area contributed by atoms with Crippen molar-refractivity contribution in [3.63, 3.8) is 0 Å². The first-order valence-corrected chi connectivity index (χ1v) is 12.9. The maximum atomic E-state index is 14.2. The molecule has 0 spiro atoms. The molecule has 0 amide bonds. The number of benzene rings is 2. The monoisotopic (exact) mass is 467 g/mol. The van der Waals surface area contributed by atoms with Gasteiger partial charge in [-0.15, -0.1) is 0 Å². The van der Waals surface area contributed by atoms with E-state index in [1.165, 1.54) is 63.0 Å². The van der Waals surface area contributed by atoms with Gasteiger partial charge in [-0.25, -0.2) is 8.78 Å². The average Bonchev–Trinajstić information content (AvgIpc) is 2.82. The van der Waals surface area contributed by atoms with Crippen LogP contribution in [-0.2, 0) is 12.3 Å². The first-order valence-electron chi connectivity index (χ1n) is 12.9. The van der Waals surface area contributed by atoms with Gasteiger partial charge in [-0.2, -0.15) is 0 Å². The fourth-order valence-corrected chi connectivity index (χ4v) is 6.36. The summed E-state index contributed by atoms with van der Waals surface area (Å²) in [6.07, 6.45) is 10.9. The molecule has 2 aromatic rings. The summed E-state index contributed by atoms with van der Waals surface area (Å²) in [4.78, 5) is 0. The molecule has 0 radical (unpaired) electrons. The van der Waals surface area contributed by atoms with Gasteiger partial charge in [0.25, 0.3) is 5.92 Å². The van der Waals surface area contributed by atoms with E-state index in [1.54, 1.807) is 13.2 Å². The molecule has 2 nitrogen and oxygen atoms in total. The van der Waals surface area contributed by atoms with E-state index < -0.39 is 5.92 Å². The van der Waals surface area contributed by atoms with Gasteiger partial charge in [-0.1, -0.05) is 69.5 Å². The topological polar surface area (TPSA) is 21.3 Å². The van der Waals surface area contributed by atoms with Crippen LogP contribution in [0.15, 0.2) is 49.0 Å². The van der Waals surface area contributed by atoms with Crippen molar-refractivity contribution in [2.75, 3.05) is 7.11 Å². The van der Waals surface area contributed by atoms with E-state index in [1.807, 2.05) is 6.92 Å². The number of halogens is 2. The quantitative estimate of drug-likeness (QED) is 0.400. The van der Waals surface area contributed by atoms with Crippen LogP contribution in [0.1, 0.15) is 93.5 Å². The minimum Gasteiger partial charge on any atom is -0.496 e. The van der Waals surface area contributed by atoms with Crippen LogP contribution in [0, 0.1) is 11.3 Å². The van der Waals surface area contributed by atoms with Crippen LogP contribution in [0.3, 0.4) is 0 Å². The van der Waals surface area contributed by atoms with E-state index in [0.29, 0.717) is 18.1 Å². The molecule has 1 N–H and O–H groups in total. The number of hydrogen-bond donors (Lipinski definition) is 1. The lowest BCUT2D eigenvalue weighted by atomic mass is 9.53. The van der Waals surface area contributed by atoms with Crippen molar-refractivity contribution in [1.82, 2.24) is 5.32 Å². The third-order valence-electron chi connectivity index (χ3n) is 8.32. The molecule has 4 heteroatoms. The first kappa shape index (κ1) is 24.8. The van der Waals surface area contributed by atoms with Gasteiger partial charge in [0, 0.05) is 23.7 Å². The molecule has 2 aliphatic rings. The van der Waals surface area contributed by atoms with Crippen molar-refractivity contribution in [2.45, 2.75) is 83.6 Å². The Hall–Kier alpha value is -2.36. The van der Waals surface area contributed by atoms with Crippen LogP contribution in [0.5, 0.6) is 5.75 Å². The molecule has 0 aliphatic heterocycles. The smallest absolute Gasteiger partial charge is 0.270 e. The average molecular weight is 468 g/mol. The Morgan fingerprint density at radius 2 is 1.79 bits per heavy atom. The van der Waals surface area contributed by atoms with E-state index in [0.717, 1.165) is 23.7 Å². The molecule has 2 aliphatic carbocycles. The highest BCUT2D eigenvalue weighted by molar-refractivity contribution is 5.72. The molecule has 2 fully saturated rings. The number of ether oxygens (including phenoxy) is 1. The van der Waals surface area contributed by atoms with Gasteiger partial charge in [-0.05, 0) is 66.7 Å². The molecule has 0 heterocycles. The van der Waals surface area contributed by atoms with Crippen LogP contribution in [0.2, 0.25) is 0 Å². The fraction of sp³-hybridized carbons (Fsp3) is 0.533. The highest BCUT2D eigenvalue weighted by Gasteiger charge is 2.50. The summed E-state index contributed by atoms with van der Waals surface area (Å²) in [5, 5.41) is 3.84. The summed E-state index contributed by atoms with van der Waals surface area (Å²) in [7, 11) is 1.55. The Bertz CT molecular complexity index is 960. The second-order valence-corrected chi connectivity index (χ2v) is 10.3. The number of alkyl halides is 2. The summed E-state index contributed by atoms with van der Waals surface area (Å²) in [6, 6.07) is 13.9.